The Bertz CT molecular complexity index is 436. The Balaban J connectivity index is 2.08. The van der Waals surface area contributed by atoms with Crippen molar-refractivity contribution in [3.05, 3.63) is 44.7 Å². The number of hydrogen-bond acceptors (Lipinski definition) is 1. The zero-order valence-electron chi connectivity index (χ0n) is 7.80. The molecule has 1 saturated carbocycles. The summed E-state index contributed by atoms with van der Waals surface area (Å²) in [6.07, 6.45) is 0.791. The molecule has 2 rings (SSSR count). The summed E-state index contributed by atoms with van der Waals surface area (Å²) < 4.78 is 1.02. The monoisotopic (exact) mass is 265 g/mol. The number of nitrogens with zero attached hydrogens (tertiary/aromatic N) is 3. The number of benzene rings is 1. The average molecular weight is 266 g/mol. The number of halogens is 1. The second-order valence-corrected chi connectivity index (χ2v) is 4.44. The quantitative estimate of drug-likeness (QED) is 0.459. The van der Waals surface area contributed by atoms with Gasteiger partial charge in [-0.15, -0.1) is 0 Å². The van der Waals surface area contributed by atoms with E-state index in [4.69, 9.17) is 5.53 Å². The van der Waals surface area contributed by atoms with Gasteiger partial charge in [0, 0.05) is 15.3 Å². The normalized spacial score (nSPS) is 23.0. The molecule has 0 radical (unpaired) electrons. The van der Waals surface area contributed by atoms with Gasteiger partial charge in [-0.25, -0.2) is 0 Å². The molecule has 0 spiro atoms. The number of carbonyl (C=O) groups excluding carboxylic acids is 1. The second-order valence-electron chi connectivity index (χ2n) is 3.53. The molecule has 0 aliphatic heterocycles. The van der Waals surface area contributed by atoms with E-state index in [0.717, 1.165) is 16.5 Å². The molecule has 15 heavy (non-hydrogen) atoms. The Hall–Kier alpha value is -1.32. The highest BCUT2D eigenvalue weighted by Gasteiger charge is 2.43. The van der Waals surface area contributed by atoms with Crippen molar-refractivity contribution in [2.45, 2.75) is 12.3 Å². The van der Waals surface area contributed by atoms with Crippen LogP contribution in [0.5, 0.6) is 0 Å². The number of rotatable bonds is 2. The highest BCUT2D eigenvalue weighted by molar-refractivity contribution is 9.10. The Morgan fingerprint density at radius 2 is 2.13 bits per heavy atom. The van der Waals surface area contributed by atoms with Gasteiger partial charge in [-0.1, -0.05) is 28.1 Å². The van der Waals surface area contributed by atoms with E-state index in [9.17, 15) is 4.79 Å². The Morgan fingerprint density at radius 3 is 2.73 bits per heavy atom. The summed E-state index contributed by atoms with van der Waals surface area (Å²) in [5, 5.41) is 3.11. The van der Waals surface area contributed by atoms with E-state index in [1.165, 1.54) is 0 Å². The molecule has 0 aromatic heterocycles. The predicted octanol–water partition coefficient (Wildman–Crippen LogP) is 3.39. The first-order chi connectivity index (χ1) is 7.22. The van der Waals surface area contributed by atoms with Gasteiger partial charge in [0.25, 0.3) is 0 Å². The van der Waals surface area contributed by atoms with Gasteiger partial charge in [-0.2, -0.15) is 0 Å². The summed E-state index contributed by atoms with van der Waals surface area (Å²) in [6, 6.07) is 7.86. The van der Waals surface area contributed by atoms with E-state index in [2.05, 4.69) is 26.0 Å². The summed E-state index contributed by atoms with van der Waals surface area (Å²) in [5.74, 6) is -0.219. The fraction of sp³-hybridized carbons (Fsp3) is 0.300. The van der Waals surface area contributed by atoms with Gasteiger partial charge >= 0.3 is 0 Å². The Labute approximate surface area is 95.0 Å². The minimum absolute atomic E-state index is 0.109. The number of hydrogen-bond donors (Lipinski definition) is 0. The molecule has 1 aromatic rings. The summed E-state index contributed by atoms with van der Waals surface area (Å²) in [4.78, 5) is 13.7. The standard InChI is InChI=1S/C10H8BrN3O/c11-7-3-1-6(2-4-7)8-5-9(8)10(15)13-14-12/h1-4,8-9H,5H2. The maximum atomic E-state index is 11.2. The molecule has 0 heterocycles. The molecule has 5 heteroatoms. The van der Waals surface area contributed by atoms with Crippen molar-refractivity contribution in [3.8, 4) is 0 Å². The lowest BCUT2D eigenvalue weighted by atomic mass is 10.1. The fourth-order valence-electron chi connectivity index (χ4n) is 1.66. The Morgan fingerprint density at radius 1 is 1.47 bits per heavy atom. The molecular formula is C10H8BrN3O. The average Bonchev–Trinajstić information content (AvgIpc) is 2.99. The minimum Gasteiger partial charge on any atom is -0.292 e. The summed E-state index contributed by atoms with van der Waals surface area (Å²) in [7, 11) is 0. The second kappa shape index (κ2) is 4.04. The molecule has 1 aliphatic rings. The van der Waals surface area contributed by atoms with E-state index in [-0.39, 0.29) is 17.7 Å². The minimum atomic E-state index is -0.342. The lowest BCUT2D eigenvalue weighted by Gasteiger charge is -1.98. The van der Waals surface area contributed by atoms with E-state index < -0.39 is 0 Å². The number of azide groups is 1. The van der Waals surface area contributed by atoms with Crippen LogP contribution in [0.1, 0.15) is 17.9 Å². The molecule has 2 atom stereocenters. The third-order valence-electron chi connectivity index (χ3n) is 2.55. The van der Waals surface area contributed by atoms with Crippen LogP contribution in [0.3, 0.4) is 0 Å². The first-order valence-electron chi connectivity index (χ1n) is 4.57. The van der Waals surface area contributed by atoms with Crippen LogP contribution in [0.2, 0.25) is 0 Å². The predicted molar refractivity (Wildman–Crippen MR) is 59.1 cm³/mol. The molecule has 1 fully saturated rings. The molecule has 0 N–H and O–H groups in total. The van der Waals surface area contributed by atoms with Gasteiger partial charge in [0.05, 0.1) is 0 Å². The fourth-order valence-corrected chi connectivity index (χ4v) is 1.93. The van der Waals surface area contributed by atoms with Crippen molar-refractivity contribution in [1.29, 1.82) is 0 Å². The molecule has 0 bridgehead atoms. The van der Waals surface area contributed by atoms with E-state index in [1.807, 2.05) is 24.3 Å². The van der Waals surface area contributed by atoms with Crippen molar-refractivity contribution in [3.63, 3.8) is 0 Å². The van der Waals surface area contributed by atoms with Crippen LogP contribution in [0, 0.1) is 5.92 Å². The first kappa shape index (κ1) is 10.2. The van der Waals surface area contributed by atoms with Crippen molar-refractivity contribution in [2.24, 2.45) is 11.0 Å². The topological polar surface area (TPSA) is 65.8 Å². The van der Waals surface area contributed by atoms with E-state index in [1.54, 1.807) is 0 Å². The smallest absolute Gasteiger partial charge is 0.222 e. The lowest BCUT2D eigenvalue weighted by Crippen LogP contribution is -1.96. The molecule has 76 valence electrons. The maximum absolute atomic E-state index is 11.2. The molecule has 1 aliphatic carbocycles. The van der Waals surface area contributed by atoms with Crippen molar-refractivity contribution < 1.29 is 4.79 Å². The van der Waals surface area contributed by atoms with Gasteiger partial charge < -0.3 is 0 Å². The lowest BCUT2D eigenvalue weighted by molar-refractivity contribution is -0.119. The van der Waals surface area contributed by atoms with Crippen LogP contribution >= 0.6 is 15.9 Å². The van der Waals surface area contributed by atoms with Crippen molar-refractivity contribution >= 4 is 21.8 Å². The SMILES string of the molecule is [N-]=[N+]=NC(=O)C1CC1c1ccc(Br)cc1. The summed E-state index contributed by atoms with van der Waals surface area (Å²) in [5.41, 5.74) is 9.27. The van der Waals surface area contributed by atoms with E-state index in [0.29, 0.717) is 0 Å². The van der Waals surface area contributed by atoms with Crippen LogP contribution in [0.4, 0.5) is 0 Å². The van der Waals surface area contributed by atoms with Crippen LogP contribution in [0.25, 0.3) is 10.4 Å². The molecule has 1 amide bonds. The molecule has 1 aromatic carbocycles. The van der Waals surface area contributed by atoms with E-state index >= 15 is 0 Å². The highest BCUT2D eigenvalue weighted by atomic mass is 79.9. The maximum Gasteiger partial charge on any atom is 0.222 e. The largest absolute Gasteiger partial charge is 0.292 e. The molecule has 0 saturated heterocycles. The first-order valence-corrected chi connectivity index (χ1v) is 5.36. The Kier molecular flexibility index (Phi) is 2.75. The van der Waals surface area contributed by atoms with Crippen LogP contribution in [0.15, 0.2) is 33.9 Å². The zero-order valence-corrected chi connectivity index (χ0v) is 9.39. The number of carbonyl (C=O) groups is 1. The van der Waals surface area contributed by atoms with Crippen molar-refractivity contribution in [2.75, 3.05) is 0 Å². The van der Waals surface area contributed by atoms with Gasteiger partial charge in [-0.3, -0.25) is 4.79 Å². The van der Waals surface area contributed by atoms with Crippen LogP contribution < -0.4 is 0 Å². The van der Waals surface area contributed by atoms with Gasteiger partial charge in [0.15, 0.2) is 0 Å². The molecule has 4 nitrogen and oxygen atoms in total. The highest BCUT2D eigenvalue weighted by Crippen LogP contribution is 2.48. The molecular weight excluding hydrogens is 258 g/mol. The number of amides is 1. The third kappa shape index (κ3) is 2.19. The summed E-state index contributed by atoms with van der Waals surface area (Å²) in [6.45, 7) is 0. The molecule has 2 unspecified atom stereocenters. The zero-order chi connectivity index (χ0) is 10.8. The third-order valence-corrected chi connectivity index (χ3v) is 3.08. The van der Waals surface area contributed by atoms with Crippen LogP contribution in [-0.2, 0) is 4.79 Å². The van der Waals surface area contributed by atoms with Gasteiger partial charge in [0.2, 0.25) is 5.91 Å². The van der Waals surface area contributed by atoms with Gasteiger partial charge in [-0.05, 0) is 40.7 Å². The van der Waals surface area contributed by atoms with Crippen molar-refractivity contribution in [1.82, 2.24) is 0 Å². The summed E-state index contributed by atoms with van der Waals surface area (Å²) >= 11 is 3.35. The van der Waals surface area contributed by atoms with Gasteiger partial charge in [0.1, 0.15) is 0 Å². The van der Waals surface area contributed by atoms with Crippen LogP contribution in [-0.4, -0.2) is 5.91 Å².